The molecule has 0 amide bonds. The molecule has 0 atom stereocenters. The van der Waals surface area contributed by atoms with Crippen molar-refractivity contribution < 1.29 is 9.47 Å². The third kappa shape index (κ3) is 4.54. The third-order valence-corrected chi connectivity index (χ3v) is 4.56. The molecule has 0 bridgehead atoms. The van der Waals surface area contributed by atoms with Crippen LogP contribution in [0.1, 0.15) is 5.56 Å². The maximum absolute atomic E-state index is 6.43. The molecule has 4 aromatic carbocycles. The van der Waals surface area contributed by atoms with Gasteiger partial charge < -0.3 is 9.47 Å². The van der Waals surface area contributed by atoms with E-state index in [2.05, 4.69) is 6.07 Å². The highest BCUT2D eigenvalue weighted by molar-refractivity contribution is 6.33. The SMILES string of the molecule is Clc1cc(Oc2ccc(OCc3ccccc3)cc2)ccc1-c1[c]cccc1. The lowest BCUT2D eigenvalue weighted by atomic mass is 10.1. The fraction of sp³-hybridized carbons (Fsp3) is 0.0400. The van der Waals surface area contributed by atoms with Crippen molar-refractivity contribution in [3.63, 3.8) is 0 Å². The molecule has 4 aromatic rings. The monoisotopic (exact) mass is 385 g/mol. The van der Waals surface area contributed by atoms with Gasteiger partial charge in [0.1, 0.15) is 23.9 Å². The lowest BCUT2D eigenvalue weighted by Gasteiger charge is -2.10. The summed E-state index contributed by atoms with van der Waals surface area (Å²) >= 11 is 6.43. The minimum Gasteiger partial charge on any atom is -0.489 e. The Balaban J connectivity index is 1.41. The lowest BCUT2D eigenvalue weighted by molar-refractivity contribution is 0.306. The molecule has 0 unspecified atom stereocenters. The number of hydrogen-bond donors (Lipinski definition) is 0. The lowest BCUT2D eigenvalue weighted by Crippen LogP contribution is -1.94. The minimum atomic E-state index is 0.536. The third-order valence-electron chi connectivity index (χ3n) is 4.25. The summed E-state index contributed by atoms with van der Waals surface area (Å²) in [7, 11) is 0. The van der Waals surface area contributed by atoms with Crippen LogP contribution in [-0.4, -0.2) is 0 Å². The molecular weight excluding hydrogens is 368 g/mol. The fourth-order valence-corrected chi connectivity index (χ4v) is 3.09. The van der Waals surface area contributed by atoms with Gasteiger partial charge in [-0.2, -0.15) is 0 Å². The normalized spacial score (nSPS) is 10.5. The van der Waals surface area contributed by atoms with Crippen LogP contribution in [0.3, 0.4) is 0 Å². The highest BCUT2D eigenvalue weighted by Gasteiger charge is 2.06. The van der Waals surface area contributed by atoms with Crippen molar-refractivity contribution in [1.82, 2.24) is 0 Å². The van der Waals surface area contributed by atoms with Crippen molar-refractivity contribution in [3.05, 3.63) is 114 Å². The van der Waals surface area contributed by atoms with E-state index in [1.165, 1.54) is 0 Å². The van der Waals surface area contributed by atoms with E-state index in [0.717, 1.165) is 28.2 Å². The molecule has 0 aliphatic rings. The predicted molar refractivity (Wildman–Crippen MR) is 113 cm³/mol. The van der Waals surface area contributed by atoms with Gasteiger partial charge in [0.25, 0.3) is 0 Å². The molecule has 3 heteroatoms. The number of rotatable bonds is 6. The van der Waals surface area contributed by atoms with Gasteiger partial charge in [0.05, 0.1) is 5.02 Å². The first-order valence-corrected chi connectivity index (χ1v) is 9.37. The molecule has 0 N–H and O–H groups in total. The summed E-state index contributed by atoms with van der Waals surface area (Å²) in [4.78, 5) is 0. The number of ether oxygens (including phenoxy) is 2. The van der Waals surface area contributed by atoms with E-state index < -0.39 is 0 Å². The van der Waals surface area contributed by atoms with Crippen LogP contribution in [0, 0.1) is 6.07 Å². The Hall–Kier alpha value is -3.23. The zero-order valence-electron chi connectivity index (χ0n) is 15.1. The number of benzene rings is 4. The largest absolute Gasteiger partial charge is 0.489 e. The van der Waals surface area contributed by atoms with Crippen LogP contribution in [-0.2, 0) is 6.61 Å². The first kappa shape index (κ1) is 18.1. The maximum atomic E-state index is 6.43. The van der Waals surface area contributed by atoms with E-state index in [1.54, 1.807) is 0 Å². The molecule has 0 aliphatic carbocycles. The topological polar surface area (TPSA) is 18.5 Å². The average Bonchev–Trinajstić information content (AvgIpc) is 2.75. The number of halogens is 1. The fourth-order valence-electron chi connectivity index (χ4n) is 2.82. The highest BCUT2D eigenvalue weighted by Crippen LogP contribution is 2.33. The Morgan fingerprint density at radius 1 is 0.714 bits per heavy atom. The van der Waals surface area contributed by atoms with Crippen LogP contribution < -0.4 is 9.47 Å². The Bertz CT molecular complexity index is 1030. The molecule has 0 spiro atoms. The van der Waals surface area contributed by atoms with Gasteiger partial charge in [-0.1, -0.05) is 66.2 Å². The second-order valence-corrected chi connectivity index (χ2v) is 6.67. The zero-order valence-corrected chi connectivity index (χ0v) is 15.9. The highest BCUT2D eigenvalue weighted by atomic mass is 35.5. The minimum absolute atomic E-state index is 0.536. The molecule has 137 valence electrons. The van der Waals surface area contributed by atoms with Crippen LogP contribution in [0.15, 0.2) is 97.1 Å². The molecule has 1 radical (unpaired) electrons. The van der Waals surface area contributed by atoms with E-state index in [9.17, 15) is 0 Å². The van der Waals surface area contributed by atoms with Gasteiger partial charge in [0.2, 0.25) is 0 Å². The second kappa shape index (κ2) is 8.64. The van der Waals surface area contributed by atoms with Crippen LogP contribution in [0.5, 0.6) is 17.2 Å². The summed E-state index contributed by atoms with van der Waals surface area (Å²) < 4.78 is 11.7. The summed E-state index contributed by atoms with van der Waals surface area (Å²) in [6, 6.07) is 34.2. The molecule has 0 fully saturated rings. The molecule has 0 saturated heterocycles. The van der Waals surface area contributed by atoms with E-state index in [4.69, 9.17) is 21.1 Å². The summed E-state index contributed by atoms with van der Waals surface area (Å²) in [6.45, 7) is 0.536. The average molecular weight is 386 g/mol. The Kier molecular flexibility index (Phi) is 5.60. The summed E-state index contributed by atoms with van der Waals surface area (Å²) in [5.74, 6) is 2.20. The summed E-state index contributed by atoms with van der Waals surface area (Å²) in [5.41, 5.74) is 3.02. The van der Waals surface area contributed by atoms with Crippen LogP contribution in [0.25, 0.3) is 11.1 Å². The molecule has 2 nitrogen and oxygen atoms in total. The van der Waals surface area contributed by atoms with Crippen LogP contribution in [0.2, 0.25) is 5.02 Å². The van der Waals surface area contributed by atoms with E-state index in [-0.39, 0.29) is 0 Å². The molecule has 0 saturated carbocycles. The Morgan fingerprint density at radius 3 is 2.14 bits per heavy atom. The smallest absolute Gasteiger partial charge is 0.128 e. The van der Waals surface area contributed by atoms with E-state index >= 15 is 0 Å². The first-order valence-electron chi connectivity index (χ1n) is 8.99. The molecule has 4 rings (SSSR count). The van der Waals surface area contributed by atoms with Gasteiger partial charge in [-0.05, 0) is 53.6 Å². The second-order valence-electron chi connectivity index (χ2n) is 6.27. The maximum Gasteiger partial charge on any atom is 0.128 e. The summed E-state index contributed by atoms with van der Waals surface area (Å²) in [6.07, 6.45) is 0. The molecule has 0 aliphatic heterocycles. The van der Waals surface area contributed by atoms with Gasteiger partial charge in [0.15, 0.2) is 0 Å². The van der Waals surface area contributed by atoms with Crippen molar-refractivity contribution >= 4 is 11.6 Å². The van der Waals surface area contributed by atoms with Gasteiger partial charge in [-0.15, -0.1) is 0 Å². The van der Waals surface area contributed by atoms with Crippen molar-refractivity contribution in [1.29, 1.82) is 0 Å². The van der Waals surface area contributed by atoms with Gasteiger partial charge in [-0.25, -0.2) is 0 Å². The van der Waals surface area contributed by atoms with Gasteiger partial charge in [-0.3, -0.25) is 0 Å². The van der Waals surface area contributed by atoms with Crippen molar-refractivity contribution in [2.45, 2.75) is 6.61 Å². The van der Waals surface area contributed by atoms with E-state index in [0.29, 0.717) is 17.4 Å². The van der Waals surface area contributed by atoms with Crippen LogP contribution in [0.4, 0.5) is 0 Å². The zero-order chi connectivity index (χ0) is 19.2. The van der Waals surface area contributed by atoms with Gasteiger partial charge in [0, 0.05) is 11.6 Å². The standard InChI is InChI=1S/C25H18ClO2/c26-25-17-23(15-16-24(25)20-9-5-2-6-10-20)28-22-13-11-21(12-14-22)27-18-19-7-3-1-4-8-19/h1-9,11-17H,18H2. The first-order chi connectivity index (χ1) is 13.8. The molecule has 0 heterocycles. The molecule has 0 aromatic heterocycles. The van der Waals surface area contributed by atoms with Gasteiger partial charge >= 0.3 is 0 Å². The molecule has 28 heavy (non-hydrogen) atoms. The number of hydrogen-bond acceptors (Lipinski definition) is 2. The predicted octanol–water partition coefficient (Wildman–Crippen LogP) is 7.18. The van der Waals surface area contributed by atoms with Crippen molar-refractivity contribution in [2.24, 2.45) is 0 Å². The summed E-state index contributed by atoms with van der Waals surface area (Å²) in [5, 5.41) is 0.628. The Labute approximate surface area is 169 Å². The van der Waals surface area contributed by atoms with E-state index in [1.807, 2.05) is 97.1 Å². The van der Waals surface area contributed by atoms with Crippen molar-refractivity contribution in [3.8, 4) is 28.4 Å². The van der Waals surface area contributed by atoms with Crippen LogP contribution >= 0.6 is 11.6 Å². The quantitative estimate of drug-likeness (QED) is 0.350. The van der Waals surface area contributed by atoms with Crippen molar-refractivity contribution in [2.75, 3.05) is 0 Å². The Morgan fingerprint density at radius 2 is 1.43 bits per heavy atom. The molecular formula is C25H18ClO2.